The van der Waals surface area contributed by atoms with E-state index in [0.717, 1.165) is 36.9 Å². The lowest BCUT2D eigenvalue weighted by atomic mass is 10.1. The number of rotatable bonds is 2. The van der Waals surface area contributed by atoms with E-state index < -0.39 is 0 Å². The SMILES string of the molecule is Cc1nc2n(n1)CC(Nc1ccc(C#N)cn1)CC2. The number of hydrogen-bond acceptors (Lipinski definition) is 5. The van der Waals surface area contributed by atoms with Crippen LogP contribution in [0, 0.1) is 18.3 Å². The molecule has 0 saturated heterocycles. The number of hydrogen-bond donors (Lipinski definition) is 1. The molecule has 0 aliphatic carbocycles. The minimum Gasteiger partial charge on any atom is -0.365 e. The molecule has 1 aliphatic rings. The average Bonchev–Trinajstić information content (AvgIpc) is 2.79. The van der Waals surface area contributed by atoms with Crippen LogP contribution in [0.25, 0.3) is 0 Å². The van der Waals surface area contributed by atoms with Gasteiger partial charge >= 0.3 is 0 Å². The summed E-state index contributed by atoms with van der Waals surface area (Å²) >= 11 is 0. The van der Waals surface area contributed by atoms with Gasteiger partial charge in [-0.3, -0.25) is 0 Å². The first-order chi connectivity index (χ1) is 9.24. The summed E-state index contributed by atoms with van der Waals surface area (Å²) in [7, 11) is 0. The van der Waals surface area contributed by atoms with E-state index in [1.54, 1.807) is 12.3 Å². The Morgan fingerprint density at radius 2 is 2.37 bits per heavy atom. The lowest BCUT2D eigenvalue weighted by Gasteiger charge is -2.23. The molecule has 2 aromatic heterocycles. The number of nitrogens with one attached hydrogen (secondary N) is 1. The molecule has 0 bridgehead atoms. The van der Waals surface area contributed by atoms with E-state index in [9.17, 15) is 0 Å². The van der Waals surface area contributed by atoms with Crippen LogP contribution >= 0.6 is 0 Å². The van der Waals surface area contributed by atoms with Gasteiger partial charge in [0.15, 0.2) is 0 Å². The Morgan fingerprint density at radius 3 is 3.11 bits per heavy atom. The molecule has 1 unspecified atom stereocenters. The highest BCUT2D eigenvalue weighted by Crippen LogP contribution is 2.16. The molecule has 6 nitrogen and oxygen atoms in total. The molecule has 2 aromatic rings. The number of aryl methyl sites for hydroxylation is 2. The van der Waals surface area contributed by atoms with Crippen molar-refractivity contribution in [3.8, 4) is 6.07 Å². The topological polar surface area (TPSA) is 79.4 Å². The fraction of sp³-hybridized carbons (Fsp3) is 0.385. The zero-order valence-corrected chi connectivity index (χ0v) is 10.7. The van der Waals surface area contributed by atoms with Crippen molar-refractivity contribution in [1.82, 2.24) is 19.7 Å². The van der Waals surface area contributed by atoms with Crippen molar-refractivity contribution in [2.24, 2.45) is 0 Å². The third-order valence-electron chi connectivity index (χ3n) is 3.21. The summed E-state index contributed by atoms with van der Waals surface area (Å²) in [5.74, 6) is 2.68. The Morgan fingerprint density at radius 1 is 1.47 bits per heavy atom. The Bertz CT molecular complexity index is 622. The normalized spacial score (nSPS) is 17.6. The molecule has 19 heavy (non-hydrogen) atoms. The van der Waals surface area contributed by atoms with Crippen LogP contribution in [0.2, 0.25) is 0 Å². The number of nitrogens with zero attached hydrogens (tertiary/aromatic N) is 5. The molecule has 0 fully saturated rings. The van der Waals surface area contributed by atoms with Crippen LogP contribution in [0.5, 0.6) is 0 Å². The molecule has 0 amide bonds. The van der Waals surface area contributed by atoms with E-state index in [-0.39, 0.29) is 0 Å². The molecule has 1 N–H and O–H groups in total. The minimum atomic E-state index is 0.300. The maximum absolute atomic E-state index is 8.73. The van der Waals surface area contributed by atoms with Gasteiger partial charge in [0.05, 0.1) is 12.1 Å². The number of pyridine rings is 1. The molecule has 6 heteroatoms. The zero-order valence-electron chi connectivity index (χ0n) is 10.7. The fourth-order valence-electron chi connectivity index (χ4n) is 2.31. The summed E-state index contributed by atoms with van der Waals surface area (Å²) in [6, 6.07) is 5.96. The van der Waals surface area contributed by atoms with Crippen LogP contribution in [-0.4, -0.2) is 25.8 Å². The van der Waals surface area contributed by atoms with Crippen LogP contribution in [0.3, 0.4) is 0 Å². The molecule has 3 rings (SSSR count). The van der Waals surface area contributed by atoms with Crippen molar-refractivity contribution in [3.05, 3.63) is 35.5 Å². The zero-order chi connectivity index (χ0) is 13.2. The number of nitriles is 1. The van der Waals surface area contributed by atoms with E-state index in [2.05, 4.69) is 26.5 Å². The van der Waals surface area contributed by atoms with Gasteiger partial charge in [-0.15, -0.1) is 0 Å². The van der Waals surface area contributed by atoms with E-state index in [4.69, 9.17) is 5.26 Å². The number of aromatic nitrogens is 4. The van der Waals surface area contributed by atoms with Gasteiger partial charge in [-0.2, -0.15) is 10.4 Å². The summed E-state index contributed by atoms with van der Waals surface area (Å²) in [6.07, 6.45) is 3.52. The Hall–Kier alpha value is -2.42. The van der Waals surface area contributed by atoms with Crippen LogP contribution in [-0.2, 0) is 13.0 Å². The molecule has 0 radical (unpaired) electrons. The highest BCUT2D eigenvalue weighted by atomic mass is 15.4. The second kappa shape index (κ2) is 4.69. The molecule has 96 valence electrons. The predicted octanol–water partition coefficient (Wildman–Crippen LogP) is 1.28. The van der Waals surface area contributed by atoms with Crippen LogP contribution in [0.1, 0.15) is 23.6 Å². The molecular formula is C13H14N6. The maximum Gasteiger partial charge on any atom is 0.147 e. The standard InChI is InChI=1S/C13H14N6/c1-9-16-13-5-3-11(8-19(13)18-9)17-12-4-2-10(6-14)7-15-12/h2,4,7,11H,3,5,8H2,1H3,(H,15,17). The molecule has 1 aliphatic heterocycles. The molecular weight excluding hydrogens is 240 g/mol. The highest BCUT2D eigenvalue weighted by molar-refractivity contribution is 5.39. The maximum atomic E-state index is 8.73. The van der Waals surface area contributed by atoms with Crippen molar-refractivity contribution in [2.75, 3.05) is 5.32 Å². The van der Waals surface area contributed by atoms with Gasteiger partial charge in [-0.1, -0.05) is 0 Å². The second-order valence-corrected chi connectivity index (χ2v) is 4.68. The molecule has 0 spiro atoms. The van der Waals surface area contributed by atoms with Gasteiger partial charge in [-0.05, 0) is 25.5 Å². The summed E-state index contributed by atoms with van der Waals surface area (Å²) in [6.45, 7) is 2.72. The monoisotopic (exact) mass is 254 g/mol. The Labute approximate surface area is 111 Å². The second-order valence-electron chi connectivity index (χ2n) is 4.68. The van der Waals surface area contributed by atoms with Crippen molar-refractivity contribution in [3.63, 3.8) is 0 Å². The van der Waals surface area contributed by atoms with Gasteiger partial charge in [-0.25, -0.2) is 14.6 Å². The van der Waals surface area contributed by atoms with Crippen molar-refractivity contribution >= 4 is 5.82 Å². The average molecular weight is 254 g/mol. The summed E-state index contributed by atoms with van der Waals surface area (Å²) < 4.78 is 1.96. The van der Waals surface area contributed by atoms with Crippen molar-refractivity contribution < 1.29 is 0 Å². The van der Waals surface area contributed by atoms with Gasteiger partial charge in [0, 0.05) is 18.7 Å². The molecule has 0 saturated carbocycles. The number of anilines is 1. The molecule has 3 heterocycles. The van der Waals surface area contributed by atoms with Gasteiger partial charge in [0.25, 0.3) is 0 Å². The minimum absolute atomic E-state index is 0.300. The lowest BCUT2D eigenvalue weighted by molar-refractivity contribution is 0.440. The Balaban J connectivity index is 1.70. The lowest BCUT2D eigenvalue weighted by Crippen LogP contribution is -2.32. The summed E-state index contributed by atoms with van der Waals surface area (Å²) in [4.78, 5) is 8.61. The molecule has 1 atom stereocenters. The summed E-state index contributed by atoms with van der Waals surface area (Å²) in [5, 5.41) is 16.5. The van der Waals surface area contributed by atoms with Crippen LogP contribution in [0.15, 0.2) is 18.3 Å². The quantitative estimate of drug-likeness (QED) is 0.873. The van der Waals surface area contributed by atoms with Gasteiger partial charge < -0.3 is 5.32 Å². The first kappa shape index (κ1) is 11.7. The Kier molecular flexibility index (Phi) is 2.88. The van der Waals surface area contributed by atoms with Crippen LogP contribution in [0.4, 0.5) is 5.82 Å². The van der Waals surface area contributed by atoms with Crippen molar-refractivity contribution in [1.29, 1.82) is 5.26 Å². The van der Waals surface area contributed by atoms with E-state index in [0.29, 0.717) is 11.6 Å². The predicted molar refractivity (Wildman–Crippen MR) is 69.4 cm³/mol. The largest absolute Gasteiger partial charge is 0.365 e. The number of fused-ring (bicyclic) bond motifs is 1. The summed E-state index contributed by atoms with van der Waals surface area (Å²) in [5.41, 5.74) is 0.573. The first-order valence-corrected chi connectivity index (χ1v) is 6.27. The smallest absolute Gasteiger partial charge is 0.147 e. The fourth-order valence-corrected chi connectivity index (χ4v) is 2.31. The van der Waals surface area contributed by atoms with E-state index >= 15 is 0 Å². The third-order valence-corrected chi connectivity index (χ3v) is 3.21. The van der Waals surface area contributed by atoms with Gasteiger partial charge in [0.1, 0.15) is 23.5 Å². The van der Waals surface area contributed by atoms with Gasteiger partial charge in [0.2, 0.25) is 0 Å². The highest BCUT2D eigenvalue weighted by Gasteiger charge is 2.20. The van der Waals surface area contributed by atoms with E-state index in [1.807, 2.05) is 17.7 Å². The molecule has 0 aromatic carbocycles. The van der Waals surface area contributed by atoms with Crippen molar-refractivity contribution in [2.45, 2.75) is 32.4 Å². The first-order valence-electron chi connectivity index (χ1n) is 6.27. The third kappa shape index (κ3) is 2.40. The van der Waals surface area contributed by atoms with E-state index in [1.165, 1.54) is 0 Å². The van der Waals surface area contributed by atoms with Crippen LogP contribution < -0.4 is 5.32 Å².